The fourth-order valence-electron chi connectivity index (χ4n) is 2.73. The first kappa shape index (κ1) is 19.2. The van der Waals surface area contributed by atoms with Crippen LogP contribution in [0.5, 0.6) is 11.5 Å². The molecule has 28 heavy (non-hydrogen) atoms. The molecule has 1 heterocycles. The van der Waals surface area contributed by atoms with Crippen molar-refractivity contribution in [3.8, 4) is 17.2 Å². The maximum Gasteiger partial charge on any atom is 0.244 e. The molecule has 1 amide bonds. The van der Waals surface area contributed by atoms with Crippen LogP contribution >= 0.6 is 0 Å². The quantitative estimate of drug-likeness (QED) is 0.612. The molecule has 0 fully saturated rings. The average Bonchev–Trinajstić information content (AvgIpc) is 3.21. The number of carbonyl (C=O) groups excluding carboxylic acids is 1. The second-order valence-corrected chi connectivity index (χ2v) is 6.12. The van der Waals surface area contributed by atoms with Crippen LogP contribution in [0.3, 0.4) is 0 Å². The smallest absolute Gasteiger partial charge is 0.244 e. The molecular weight excluding hydrogens is 354 g/mol. The number of benzene rings is 2. The van der Waals surface area contributed by atoms with Gasteiger partial charge in [-0.1, -0.05) is 24.3 Å². The topological polar surface area (TPSA) is 65.4 Å². The molecule has 0 aliphatic carbocycles. The van der Waals surface area contributed by atoms with Gasteiger partial charge in [0.05, 0.1) is 26.1 Å². The van der Waals surface area contributed by atoms with Gasteiger partial charge >= 0.3 is 0 Å². The Kier molecular flexibility index (Phi) is 6.46. The van der Waals surface area contributed by atoms with Crippen LogP contribution < -0.4 is 14.8 Å². The van der Waals surface area contributed by atoms with Gasteiger partial charge < -0.3 is 14.8 Å². The van der Waals surface area contributed by atoms with Crippen molar-refractivity contribution in [1.29, 1.82) is 0 Å². The molecular formula is C22H23N3O3. The van der Waals surface area contributed by atoms with Crippen molar-refractivity contribution in [2.45, 2.75) is 6.42 Å². The van der Waals surface area contributed by atoms with E-state index in [1.165, 1.54) is 6.08 Å². The fourth-order valence-corrected chi connectivity index (χ4v) is 2.73. The molecule has 6 heteroatoms. The molecule has 0 unspecified atom stereocenters. The van der Waals surface area contributed by atoms with Gasteiger partial charge in [-0.3, -0.25) is 4.79 Å². The molecule has 0 aliphatic heterocycles. The minimum absolute atomic E-state index is 0.148. The zero-order chi connectivity index (χ0) is 19.8. The van der Waals surface area contributed by atoms with Gasteiger partial charge in [0.2, 0.25) is 5.91 Å². The zero-order valence-electron chi connectivity index (χ0n) is 16.0. The molecule has 1 aromatic heterocycles. The van der Waals surface area contributed by atoms with Crippen LogP contribution in [-0.2, 0) is 11.2 Å². The molecule has 0 radical (unpaired) electrons. The highest BCUT2D eigenvalue weighted by molar-refractivity contribution is 5.91. The standard InChI is InChI=1S/C22H23N3O3/c1-27-20-10-8-17(14-21(20)28-2)9-11-22(26)23-13-12-18-15-24-25(16-18)19-6-4-3-5-7-19/h3-11,14-16H,12-13H2,1-2H3,(H,23,26)/b11-9+. The number of nitrogens with one attached hydrogen (secondary N) is 1. The highest BCUT2D eigenvalue weighted by Crippen LogP contribution is 2.27. The van der Waals surface area contributed by atoms with E-state index in [1.807, 2.05) is 59.5 Å². The molecule has 0 saturated carbocycles. The second kappa shape index (κ2) is 9.41. The summed E-state index contributed by atoms with van der Waals surface area (Å²) in [6.45, 7) is 0.537. The van der Waals surface area contributed by atoms with E-state index in [9.17, 15) is 4.79 Å². The third-order valence-corrected chi connectivity index (χ3v) is 4.20. The number of nitrogens with zero attached hydrogens (tertiary/aromatic N) is 2. The first-order valence-electron chi connectivity index (χ1n) is 8.96. The SMILES string of the molecule is COc1ccc(/C=C/C(=O)NCCc2cnn(-c3ccccc3)c2)cc1OC. The minimum Gasteiger partial charge on any atom is -0.493 e. The van der Waals surface area contributed by atoms with Crippen LogP contribution in [0.15, 0.2) is 67.0 Å². The van der Waals surface area contributed by atoms with Crippen molar-refractivity contribution in [1.82, 2.24) is 15.1 Å². The summed E-state index contributed by atoms with van der Waals surface area (Å²) in [6, 6.07) is 15.4. The summed E-state index contributed by atoms with van der Waals surface area (Å²) in [7, 11) is 3.17. The Morgan fingerprint density at radius 1 is 1.11 bits per heavy atom. The summed E-state index contributed by atoms with van der Waals surface area (Å²) in [5.41, 5.74) is 2.93. The van der Waals surface area contributed by atoms with Crippen molar-refractivity contribution < 1.29 is 14.3 Å². The molecule has 3 rings (SSSR count). The third-order valence-electron chi connectivity index (χ3n) is 4.20. The van der Waals surface area contributed by atoms with E-state index in [4.69, 9.17) is 9.47 Å². The molecule has 3 aromatic rings. The zero-order valence-corrected chi connectivity index (χ0v) is 16.0. The lowest BCUT2D eigenvalue weighted by Crippen LogP contribution is -2.23. The van der Waals surface area contributed by atoms with Gasteiger partial charge in [0.25, 0.3) is 0 Å². The van der Waals surface area contributed by atoms with Gasteiger partial charge in [0.15, 0.2) is 11.5 Å². The van der Waals surface area contributed by atoms with E-state index >= 15 is 0 Å². The number of carbonyl (C=O) groups is 1. The summed E-state index contributed by atoms with van der Waals surface area (Å²) in [6.07, 6.45) is 7.75. The first-order valence-corrected chi connectivity index (χ1v) is 8.96. The van der Waals surface area contributed by atoms with E-state index in [-0.39, 0.29) is 5.91 Å². The molecule has 0 bridgehead atoms. The van der Waals surface area contributed by atoms with E-state index in [0.717, 1.165) is 16.8 Å². The summed E-state index contributed by atoms with van der Waals surface area (Å²) < 4.78 is 12.3. The van der Waals surface area contributed by atoms with Gasteiger partial charge in [0.1, 0.15) is 0 Å². The minimum atomic E-state index is -0.148. The lowest BCUT2D eigenvalue weighted by Gasteiger charge is -2.07. The van der Waals surface area contributed by atoms with Crippen molar-refractivity contribution in [2.75, 3.05) is 20.8 Å². The lowest BCUT2D eigenvalue weighted by molar-refractivity contribution is -0.116. The van der Waals surface area contributed by atoms with Crippen LogP contribution in [0.25, 0.3) is 11.8 Å². The molecule has 0 aliphatic rings. The lowest BCUT2D eigenvalue weighted by atomic mass is 10.2. The molecule has 0 spiro atoms. The van der Waals surface area contributed by atoms with Crippen molar-refractivity contribution >= 4 is 12.0 Å². The van der Waals surface area contributed by atoms with Crippen molar-refractivity contribution in [3.05, 3.63) is 78.1 Å². The fraction of sp³-hybridized carbons (Fsp3) is 0.182. The Hall–Kier alpha value is -3.54. The Balaban J connectivity index is 1.50. The first-order chi connectivity index (χ1) is 13.7. The molecule has 0 saturated heterocycles. The van der Waals surface area contributed by atoms with E-state index in [2.05, 4.69) is 10.4 Å². The third kappa shape index (κ3) is 5.01. The Labute approximate surface area is 164 Å². The van der Waals surface area contributed by atoms with Gasteiger partial charge in [-0.05, 0) is 47.9 Å². The number of amides is 1. The monoisotopic (exact) mass is 377 g/mol. The molecule has 1 N–H and O–H groups in total. The highest BCUT2D eigenvalue weighted by atomic mass is 16.5. The number of para-hydroxylation sites is 1. The molecule has 144 valence electrons. The van der Waals surface area contributed by atoms with Crippen LogP contribution in [0, 0.1) is 0 Å². The van der Waals surface area contributed by atoms with Gasteiger partial charge in [-0.2, -0.15) is 5.10 Å². The van der Waals surface area contributed by atoms with E-state index in [1.54, 1.807) is 26.4 Å². The van der Waals surface area contributed by atoms with Gasteiger partial charge in [0, 0.05) is 18.8 Å². The van der Waals surface area contributed by atoms with E-state index in [0.29, 0.717) is 24.5 Å². The Morgan fingerprint density at radius 2 is 1.89 bits per heavy atom. The number of hydrogen-bond acceptors (Lipinski definition) is 4. The predicted octanol–water partition coefficient (Wildman–Crippen LogP) is 3.26. The molecule has 0 atom stereocenters. The normalized spacial score (nSPS) is 10.8. The van der Waals surface area contributed by atoms with Crippen LogP contribution in [0.4, 0.5) is 0 Å². The van der Waals surface area contributed by atoms with E-state index < -0.39 is 0 Å². The number of rotatable bonds is 8. The second-order valence-electron chi connectivity index (χ2n) is 6.12. The maximum atomic E-state index is 12.0. The average molecular weight is 377 g/mol. The maximum absolute atomic E-state index is 12.0. The Bertz CT molecular complexity index is 949. The number of aromatic nitrogens is 2. The van der Waals surface area contributed by atoms with Crippen molar-refractivity contribution in [2.24, 2.45) is 0 Å². The predicted molar refractivity (Wildman–Crippen MR) is 109 cm³/mol. The summed E-state index contributed by atoms with van der Waals surface area (Å²) in [5, 5.41) is 7.24. The highest BCUT2D eigenvalue weighted by Gasteiger charge is 2.04. The summed E-state index contributed by atoms with van der Waals surface area (Å²) in [4.78, 5) is 12.0. The van der Waals surface area contributed by atoms with Crippen LogP contribution in [0.2, 0.25) is 0 Å². The van der Waals surface area contributed by atoms with Crippen molar-refractivity contribution in [3.63, 3.8) is 0 Å². The number of ether oxygens (including phenoxy) is 2. The molecule has 2 aromatic carbocycles. The van der Waals surface area contributed by atoms with Crippen LogP contribution in [0.1, 0.15) is 11.1 Å². The Morgan fingerprint density at radius 3 is 2.64 bits per heavy atom. The largest absolute Gasteiger partial charge is 0.493 e. The van der Waals surface area contributed by atoms with Gasteiger partial charge in [-0.15, -0.1) is 0 Å². The van der Waals surface area contributed by atoms with Crippen LogP contribution in [-0.4, -0.2) is 36.5 Å². The summed E-state index contributed by atoms with van der Waals surface area (Å²) >= 11 is 0. The number of hydrogen-bond donors (Lipinski definition) is 1. The number of methoxy groups -OCH3 is 2. The molecule has 6 nitrogen and oxygen atoms in total. The summed E-state index contributed by atoms with van der Waals surface area (Å²) in [5.74, 6) is 1.13. The van der Waals surface area contributed by atoms with Gasteiger partial charge in [-0.25, -0.2) is 4.68 Å².